The molecule has 0 unspecified atom stereocenters. The third-order valence-electron chi connectivity index (χ3n) is 5.72. The number of fused-ring (bicyclic) bond motifs is 5. The summed E-state index contributed by atoms with van der Waals surface area (Å²) in [6, 6.07) is 6.40. The standard InChI is InChI=1S/C16H17FN2O3S/c17-6-11-3-12(2-1-9(11)7-18)19-8-14-13-4-10(5-15(13)20)16(14)23(19,21)22/h1-3,10,13-16,20H,4-6,8H2/t10-,13-,14-,15+,16+/m0/s1. The number of hydrogen-bond acceptors (Lipinski definition) is 4. The summed E-state index contributed by atoms with van der Waals surface area (Å²) in [5.41, 5.74) is 0.851. The van der Waals surface area contributed by atoms with Gasteiger partial charge in [0.05, 0.1) is 28.7 Å². The summed E-state index contributed by atoms with van der Waals surface area (Å²) >= 11 is 0. The van der Waals surface area contributed by atoms with Gasteiger partial charge in [-0.3, -0.25) is 4.31 Å². The summed E-state index contributed by atoms with van der Waals surface area (Å²) in [6.07, 6.45) is 0.938. The molecule has 0 spiro atoms. The summed E-state index contributed by atoms with van der Waals surface area (Å²) < 4.78 is 40.3. The number of halogens is 1. The average molecular weight is 336 g/mol. The van der Waals surface area contributed by atoms with Gasteiger partial charge in [0.1, 0.15) is 6.67 Å². The van der Waals surface area contributed by atoms with Gasteiger partial charge in [-0.05, 0) is 42.9 Å². The van der Waals surface area contributed by atoms with Gasteiger partial charge in [-0.25, -0.2) is 12.8 Å². The molecule has 4 rings (SSSR count). The zero-order valence-electron chi connectivity index (χ0n) is 12.4. The minimum atomic E-state index is -3.50. The summed E-state index contributed by atoms with van der Waals surface area (Å²) in [5, 5.41) is 18.6. The van der Waals surface area contributed by atoms with E-state index in [1.165, 1.54) is 16.4 Å². The molecule has 1 saturated heterocycles. The molecule has 5 atom stereocenters. The molecule has 2 saturated carbocycles. The monoisotopic (exact) mass is 336 g/mol. The largest absolute Gasteiger partial charge is 0.393 e. The Morgan fingerprint density at radius 3 is 2.83 bits per heavy atom. The number of alkyl halides is 1. The second-order valence-electron chi connectivity index (χ2n) is 6.75. The van der Waals surface area contributed by atoms with Crippen molar-refractivity contribution < 1.29 is 17.9 Å². The SMILES string of the molecule is N#Cc1ccc(N2C[C@H]3[C@@H]4C[C@@H](C[C@H]4O)[C@H]3S2(=O)=O)cc1CF. The average Bonchev–Trinajstić information content (AvgIpc) is 3.16. The Labute approximate surface area is 134 Å². The van der Waals surface area contributed by atoms with Crippen molar-refractivity contribution in [3.63, 3.8) is 0 Å². The molecular formula is C16H17FN2O3S. The highest BCUT2D eigenvalue weighted by Crippen LogP contribution is 2.55. The van der Waals surface area contributed by atoms with Crippen LogP contribution in [0.25, 0.3) is 0 Å². The van der Waals surface area contributed by atoms with E-state index in [-0.39, 0.29) is 28.9 Å². The molecule has 2 aliphatic carbocycles. The number of benzene rings is 1. The number of aliphatic hydroxyl groups is 1. The fraction of sp³-hybridized carbons (Fsp3) is 0.562. The van der Waals surface area contributed by atoms with Crippen molar-refractivity contribution in [2.75, 3.05) is 10.8 Å². The van der Waals surface area contributed by atoms with E-state index in [9.17, 15) is 17.9 Å². The molecule has 0 radical (unpaired) electrons. The van der Waals surface area contributed by atoms with Gasteiger partial charge in [0, 0.05) is 18.0 Å². The van der Waals surface area contributed by atoms with Crippen LogP contribution in [0.3, 0.4) is 0 Å². The Kier molecular flexibility index (Phi) is 3.19. The number of rotatable bonds is 2. The van der Waals surface area contributed by atoms with E-state index in [2.05, 4.69) is 0 Å². The maximum atomic E-state index is 13.1. The van der Waals surface area contributed by atoms with Gasteiger partial charge < -0.3 is 5.11 Å². The maximum absolute atomic E-state index is 13.1. The van der Waals surface area contributed by atoms with E-state index < -0.39 is 28.1 Å². The van der Waals surface area contributed by atoms with Crippen molar-refractivity contribution in [1.29, 1.82) is 5.26 Å². The van der Waals surface area contributed by atoms with Gasteiger partial charge in [0.2, 0.25) is 10.0 Å². The van der Waals surface area contributed by atoms with Crippen LogP contribution in [-0.2, 0) is 16.7 Å². The zero-order chi connectivity index (χ0) is 16.4. The highest BCUT2D eigenvalue weighted by Gasteiger charge is 2.62. The predicted molar refractivity (Wildman–Crippen MR) is 81.7 cm³/mol. The van der Waals surface area contributed by atoms with Crippen molar-refractivity contribution in [1.82, 2.24) is 0 Å². The highest BCUT2D eigenvalue weighted by molar-refractivity contribution is 7.93. The van der Waals surface area contributed by atoms with Crippen molar-refractivity contribution in [3.05, 3.63) is 29.3 Å². The molecule has 1 aliphatic heterocycles. The molecule has 3 fully saturated rings. The molecule has 0 amide bonds. The summed E-state index contributed by atoms with van der Waals surface area (Å²) in [4.78, 5) is 0. The van der Waals surface area contributed by atoms with Crippen LogP contribution < -0.4 is 4.31 Å². The molecule has 2 bridgehead atoms. The number of anilines is 1. The van der Waals surface area contributed by atoms with E-state index in [1.807, 2.05) is 6.07 Å². The third kappa shape index (κ3) is 1.95. The fourth-order valence-corrected chi connectivity index (χ4v) is 7.28. The van der Waals surface area contributed by atoms with Crippen LogP contribution in [0.1, 0.15) is 24.0 Å². The van der Waals surface area contributed by atoms with E-state index in [0.717, 1.165) is 6.42 Å². The molecule has 122 valence electrons. The topological polar surface area (TPSA) is 81.4 Å². The molecular weight excluding hydrogens is 319 g/mol. The highest BCUT2D eigenvalue weighted by atomic mass is 32.2. The lowest BCUT2D eigenvalue weighted by Gasteiger charge is -2.25. The third-order valence-corrected chi connectivity index (χ3v) is 8.12. The van der Waals surface area contributed by atoms with Crippen LogP contribution in [-0.4, -0.2) is 31.4 Å². The summed E-state index contributed by atoms with van der Waals surface area (Å²) in [7, 11) is -3.50. The number of nitriles is 1. The van der Waals surface area contributed by atoms with Crippen molar-refractivity contribution in [3.8, 4) is 6.07 Å². The predicted octanol–water partition coefficient (Wildman–Crippen LogP) is 1.56. The minimum absolute atomic E-state index is 0.0222. The number of sulfonamides is 1. The van der Waals surface area contributed by atoms with Gasteiger partial charge in [-0.15, -0.1) is 0 Å². The minimum Gasteiger partial charge on any atom is -0.393 e. The molecule has 1 N–H and O–H groups in total. The quantitative estimate of drug-likeness (QED) is 0.889. The second kappa shape index (κ2) is 4.92. The summed E-state index contributed by atoms with van der Waals surface area (Å²) in [5.74, 6) is 0.0102. The zero-order valence-corrected chi connectivity index (χ0v) is 13.2. The van der Waals surface area contributed by atoms with Crippen molar-refractivity contribution in [2.45, 2.75) is 30.9 Å². The first kappa shape index (κ1) is 14.9. The van der Waals surface area contributed by atoms with Crippen LogP contribution in [0, 0.1) is 29.1 Å². The molecule has 7 heteroatoms. The number of nitrogens with zero attached hydrogens (tertiary/aromatic N) is 2. The van der Waals surface area contributed by atoms with Crippen LogP contribution in [0.5, 0.6) is 0 Å². The molecule has 0 aromatic heterocycles. The Morgan fingerprint density at radius 1 is 1.35 bits per heavy atom. The fourth-order valence-electron chi connectivity index (χ4n) is 4.76. The van der Waals surface area contributed by atoms with Crippen molar-refractivity contribution in [2.24, 2.45) is 17.8 Å². The normalized spacial score (nSPS) is 36.9. The van der Waals surface area contributed by atoms with Gasteiger partial charge in [-0.2, -0.15) is 5.26 Å². The summed E-state index contributed by atoms with van der Waals surface area (Å²) in [6.45, 7) is -0.468. The Hall–Kier alpha value is -1.65. The number of hydrogen-bond donors (Lipinski definition) is 1. The first-order valence-corrected chi connectivity index (χ1v) is 9.26. The molecule has 1 aromatic carbocycles. The van der Waals surface area contributed by atoms with E-state index in [1.54, 1.807) is 6.07 Å². The van der Waals surface area contributed by atoms with Gasteiger partial charge in [0.25, 0.3) is 0 Å². The van der Waals surface area contributed by atoms with E-state index in [0.29, 0.717) is 18.7 Å². The molecule has 3 aliphatic rings. The number of aliphatic hydroxyl groups excluding tert-OH is 1. The van der Waals surface area contributed by atoms with E-state index in [4.69, 9.17) is 5.26 Å². The Bertz CT molecular complexity index is 804. The van der Waals surface area contributed by atoms with Gasteiger partial charge in [-0.1, -0.05) is 0 Å². The molecule has 1 heterocycles. The second-order valence-corrected chi connectivity index (χ2v) is 8.77. The lowest BCUT2D eigenvalue weighted by atomic mass is 9.86. The van der Waals surface area contributed by atoms with Crippen LogP contribution in [0.4, 0.5) is 10.1 Å². The smallest absolute Gasteiger partial charge is 0.238 e. The Balaban J connectivity index is 1.73. The van der Waals surface area contributed by atoms with Crippen molar-refractivity contribution >= 4 is 15.7 Å². The van der Waals surface area contributed by atoms with E-state index >= 15 is 0 Å². The lowest BCUT2D eigenvalue weighted by Crippen LogP contribution is -2.36. The van der Waals surface area contributed by atoms with Crippen LogP contribution in [0.2, 0.25) is 0 Å². The maximum Gasteiger partial charge on any atom is 0.238 e. The van der Waals surface area contributed by atoms with Crippen LogP contribution in [0.15, 0.2) is 18.2 Å². The van der Waals surface area contributed by atoms with Crippen LogP contribution >= 0.6 is 0 Å². The first-order chi connectivity index (χ1) is 11.0. The molecule has 5 nitrogen and oxygen atoms in total. The van der Waals surface area contributed by atoms with Gasteiger partial charge in [0.15, 0.2) is 0 Å². The first-order valence-electron chi connectivity index (χ1n) is 7.76. The van der Waals surface area contributed by atoms with Gasteiger partial charge >= 0.3 is 0 Å². The lowest BCUT2D eigenvalue weighted by molar-refractivity contribution is 0.0883. The molecule has 23 heavy (non-hydrogen) atoms. The Morgan fingerprint density at radius 2 is 2.13 bits per heavy atom. The molecule has 1 aromatic rings.